The molecule has 1 fully saturated rings. The fourth-order valence-corrected chi connectivity index (χ4v) is 4.18. The first kappa shape index (κ1) is 18.7. The molecule has 2 aromatic carbocycles. The van der Waals surface area contributed by atoms with E-state index in [0.717, 1.165) is 15.6 Å². The summed E-state index contributed by atoms with van der Waals surface area (Å²) >= 11 is 7.45. The summed E-state index contributed by atoms with van der Waals surface area (Å²) in [7, 11) is 0. The van der Waals surface area contributed by atoms with Crippen LogP contribution in [0.3, 0.4) is 0 Å². The minimum Gasteiger partial charge on any atom is -0.334 e. The highest BCUT2D eigenvalue weighted by Gasteiger charge is 2.27. The SMILES string of the molecule is Cc1c(Cl)cccc1NC(=O)N1CCN(C(=O)c2nsc3ccccc23)CC1. The zero-order valence-corrected chi connectivity index (χ0v) is 16.9. The number of nitrogens with zero attached hydrogens (tertiary/aromatic N) is 3. The van der Waals surface area contributed by atoms with Gasteiger partial charge in [-0.25, -0.2) is 4.79 Å². The first-order valence-electron chi connectivity index (χ1n) is 8.99. The van der Waals surface area contributed by atoms with Crippen LogP contribution in [0.15, 0.2) is 42.5 Å². The van der Waals surface area contributed by atoms with E-state index in [-0.39, 0.29) is 11.9 Å². The number of urea groups is 1. The minimum absolute atomic E-state index is 0.0804. The molecule has 144 valence electrons. The molecule has 1 aliphatic rings. The lowest BCUT2D eigenvalue weighted by atomic mass is 10.2. The predicted octanol–water partition coefficient (Wildman–Crippen LogP) is 4.25. The lowest BCUT2D eigenvalue weighted by Crippen LogP contribution is -2.51. The third-order valence-electron chi connectivity index (χ3n) is 4.94. The van der Waals surface area contributed by atoms with E-state index in [2.05, 4.69) is 9.69 Å². The minimum atomic E-state index is -0.184. The van der Waals surface area contributed by atoms with Crippen molar-refractivity contribution in [2.75, 3.05) is 31.5 Å². The standard InChI is InChI=1S/C20H19ClN4O2S/c1-13-15(21)6-4-7-16(13)22-20(27)25-11-9-24(10-12-25)19(26)18-14-5-2-3-8-17(14)28-23-18/h2-8H,9-12H2,1H3,(H,22,27). The van der Waals surface area contributed by atoms with E-state index in [9.17, 15) is 9.59 Å². The number of amides is 3. The quantitative estimate of drug-likeness (QED) is 0.681. The van der Waals surface area contributed by atoms with Crippen molar-refractivity contribution < 1.29 is 9.59 Å². The molecule has 3 aromatic rings. The number of fused-ring (bicyclic) bond motifs is 1. The number of hydrogen-bond donors (Lipinski definition) is 1. The Hall–Kier alpha value is -2.64. The molecule has 1 N–H and O–H groups in total. The molecule has 8 heteroatoms. The molecular weight excluding hydrogens is 396 g/mol. The van der Waals surface area contributed by atoms with Crippen molar-refractivity contribution in [2.45, 2.75) is 6.92 Å². The van der Waals surface area contributed by atoms with Gasteiger partial charge in [0.25, 0.3) is 5.91 Å². The Morgan fingerprint density at radius 2 is 1.75 bits per heavy atom. The maximum absolute atomic E-state index is 12.9. The molecular formula is C20H19ClN4O2S. The van der Waals surface area contributed by atoms with Crippen LogP contribution in [-0.2, 0) is 0 Å². The van der Waals surface area contributed by atoms with Crippen LogP contribution in [0.25, 0.3) is 10.1 Å². The van der Waals surface area contributed by atoms with Crippen molar-refractivity contribution >= 4 is 50.8 Å². The van der Waals surface area contributed by atoms with Crippen LogP contribution in [0.2, 0.25) is 5.02 Å². The third kappa shape index (κ3) is 3.55. The van der Waals surface area contributed by atoms with Gasteiger partial charge < -0.3 is 15.1 Å². The van der Waals surface area contributed by atoms with Gasteiger partial charge in [0.15, 0.2) is 0 Å². The van der Waals surface area contributed by atoms with Crippen molar-refractivity contribution in [1.82, 2.24) is 14.2 Å². The summed E-state index contributed by atoms with van der Waals surface area (Å²) in [6, 6.07) is 13.0. The van der Waals surface area contributed by atoms with Gasteiger partial charge in [0.1, 0.15) is 5.69 Å². The highest BCUT2D eigenvalue weighted by Crippen LogP contribution is 2.25. The second-order valence-corrected chi connectivity index (χ2v) is 7.86. The number of halogens is 1. The molecule has 3 amide bonds. The maximum atomic E-state index is 12.9. The van der Waals surface area contributed by atoms with E-state index < -0.39 is 0 Å². The topological polar surface area (TPSA) is 65.5 Å². The molecule has 0 unspecified atom stereocenters. The van der Waals surface area contributed by atoms with Crippen molar-refractivity contribution in [3.8, 4) is 0 Å². The molecule has 0 radical (unpaired) electrons. The second-order valence-electron chi connectivity index (χ2n) is 6.65. The first-order chi connectivity index (χ1) is 13.5. The smallest absolute Gasteiger partial charge is 0.321 e. The molecule has 0 spiro atoms. The van der Waals surface area contributed by atoms with Gasteiger partial charge in [0.05, 0.1) is 4.70 Å². The summed E-state index contributed by atoms with van der Waals surface area (Å²) in [5, 5.41) is 4.40. The van der Waals surface area contributed by atoms with E-state index in [1.54, 1.807) is 21.9 Å². The van der Waals surface area contributed by atoms with Crippen LogP contribution >= 0.6 is 23.1 Å². The number of nitrogens with one attached hydrogen (secondary N) is 1. The Balaban J connectivity index is 1.39. The maximum Gasteiger partial charge on any atom is 0.321 e. The number of rotatable bonds is 2. The monoisotopic (exact) mass is 414 g/mol. The highest BCUT2D eigenvalue weighted by atomic mass is 35.5. The number of hydrogen-bond acceptors (Lipinski definition) is 4. The van der Waals surface area contributed by atoms with Crippen LogP contribution in [0.4, 0.5) is 10.5 Å². The lowest BCUT2D eigenvalue weighted by molar-refractivity contribution is 0.0669. The van der Waals surface area contributed by atoms with Gasteiger partial charge in [-0.1, -0.05) is 35.9 Å². The third-order valence-corrected chi connectivity index (χ3v) is 6.18. The average molecular weight is 415 g/mol. The molecule has 0 saturated carbocycles. The number of anilines is 1. The Kier molecular flexibility index (Phi) is 5.19. The molecule has 1 aliphatic heterocycles. The fraction of sp³-hybridized carbons (Fsp3) is 0.250. The zero-order chi connectivity index (χ0) is 19.7. The van der Waals surface area contributed by atoms with E-state index in [1.165, 1.54) is 11.5 Å². The normalized spacial score (nSPS) is 14.4. The first-order valence-corrected chi connectivity index (χ1v) is 10.1. The number of aromatic nitrogens is 1. The average Bonchev–Trinajstić information content (AvgIpc) is 3.15. The van der Waals surface area contributed by atoms with Crippen molar-refractivity contribution in [3.63, 3.8) is 0 Å². The van der Waals surface area contributed by atoms with Crippen molar-refractivity contribution in [3.05, 3.63) is 58.7 Å². The predicted molar refractivity (Wildman–Crippen MR) is 112 cm³/mol. The summed E-state index contributed by atoms with van der Waals surface area (Å²) in [5.41, 5.74) is 2.03. The van der Waals surface area contributed by atoms with Gasteiger partial charge in [-0.2, -0.15) is 4.37 Å². The summed E-state index contributed by atoms with van der Waals surface area (Å²) in [5.74, 6) is -0.0804. The number of carbonyl (C=O) groups is 2. The lowest BCUT2D eigenvalue weighted by Gasteiger charge is -2.34. The Morgan fingerprint density at radius 1 is 1.04 bits per heavy atom. The van der Waals surface area contributed by atoms with E-state index >= 15 is 0 Å². The van der Waals surface area contributed by atoms with Crippen LogP contribution in [-0.4, -0.2) is 52.3 Å². The van der Waals surface area contributed by atoms with E-state index in [0.29, 0.717) is 42.6 Å². The molecule has 2 heterocycles. The summed E-state index contributed by atoms with van der Waals surface area (Å²) in [6.45, 7) is 3.77. The molecule has 4 rings (SSSR count). The van der Waals surface area contributed by atoms with Crippen LogP contribution in [0.1, 0.15) is 16.1 Å². The van der Waals surface area contributed by atoms with E-state index in [1.807, 2.05) is 37.3 Å². The van der Waals surface area contributed by atoms with Gasteiger partial charge >= 0.3 is 6.03 Å². The van der Waals surface area contributed by atoms with Crippen molar-refractivity contribution in [1.29, 1.82) is 0 Å². The number of benzene rings is 2. The van der Waals surface area contributed by atoms with Gasteiger partial charge in [0.2, 0.25) is 0 Å². The molecule has 1 aromatic heterocycles. The summed E-state index contributed by atoms with van der Waals surface area (Å²) < 4.78 is 5.34. The second kappa shape index (κ2) is 7.77. The van der Waals surface area contributed by atoms with Crippen LogP contribution < -0.4 is 5.32 Å². The van der Waals surface area contributed by atoms with Crippen molar-refractivity contribution in [2.24, 2.45) is 0 Å². The van der Waals surface area contributed by atoms with Gasteiger partial charge in [-0.05, 0) is 42.2 Å². The summed E-state index contributed by atoms with van der Waals surface area (Å²) in [6.07, 6.45) is 0. The Labute approximate surface area is 171 Å². The molecule has 0 aliphatic carbocycles. The fourth-order valence-electron chi connectivity index (χ4n) is 3.24. The molecule has 1 saturated heterocycles. The summed E-state index contributed by atoms with van der Waals surface area (Å²) in [4.78, 5) is 28.9. The number of piperazine rings is 1. The highest BCUT2D eigenvalue weighted by molar-refractivity contribution is 7.13. The van der Waals surface area contributed by atoms with Crippen LogP contribution in [0, 0.1) is 6.92 Å². The zero-order valence-electron chi connectivity index (χ0n) is 15.3. The van der Waals surface area contributed by atoms with Gasteiger partial charge in [0, 0.05) is 42.3 Å². The molecule has 28 heavy (non-hydrogen) atoms. The Morgan fingerprint density at radius 3 is 2.54 bits per heavy atom. The Bertz CT molecular complexity index is 1040. The molecule has 6 nitrogen and oxygen atoms in total. The van der Waals surface area contributed by atoms with Gasteiger partial charge in [-0.15, -0.1) is 0 Å². The number of carbonyl (C=O) groups excluding carboxylic acids is 2. The van der Waals surface area contributed by atoms with E-state index in [4.69, 9.17) is 11.6 Å². The van der Waals surface area contributed by atoms with Crippen LogP contribution in [0.5, 0.6) is 0 Å². The van der Waals surface area contributed by atoms with Gasteiger partial charge in [-0.3, -0.25) is 4.79 Å². The molecule has 0 bridgehead atoms. The largest absolute Gasteiger partial charge is 0.334 e. The molecule has 0 atom stereocenters.